The molecule has 2 heterocycles. The maximum absolute atomic E-state index is 11.1. The summed E-state index contributed by atoms with van der Waals surface area (Å²) in [6, 6.07) is 1.73. The van der Waals surface area contributed by atoms with Crippen LogP contribution in [0.15, 0.2) is 6.07 Å². The molecule has 1 amide bonds. The van der Waals surface area contributed by atoms with Gasteiger partial charge in [-0.05, 0) is 32.4 Å². The number of aliphatic hydroxyl groups is 1. The number of nitrogens with one attached hydrogen (secondary N) is 1. The molecule has 118 valence electrons. The number of likely N-dealkylation sites (tertiary alicyclic amines) is 1. The fraction of sp³-hybridized carbons (Fsp3) is 0.714. The molecule has 0 unspecified atom stereocenters. The molecule has 0 bridgehead atoms. The first-order valence-electron chi connectivity index (χ1n) is 7.43. The summed E-state index contributed by atoms with van der Waals surface area (Å²) in [5.74, 6) is -0.226. The second-order valence-electron chi connectivity index (χ2n) is 5.48. The van der Waals surface area contributed by atoms with Crippen LogP contribution in [0.3, 0.4) is 0 Å². The fourth-order valence-corrected chi connectivity index (χ4v) is 2.75. The van der Waals surface area contributed by atoms with Crippen LogP contribution in [-0.2, 0) is 4.74 Å². The van der Waals surface area contributed by atoms with Crippen molar-refractivity contribution in [2.24, 2.45) is 5.73 Å². The topological polar surface area (TPSA) is 104 Å². The number of ether oxygens (including phenoxy) is 1. The van der Waals surface area contributed by atoms with E-state index in [0.29, 0.717) is 25.7 Å². The molecule has 1 fully saturated rings. The molecule has 0 saturated carbocycles. The number of amides is 1. The number of carbonyl (C=O) groups excluding carboxylic acids is 1. The number of aromatic amines is 1. The van der Waals surface area contributed by atoms with E-state index in [2.05, 4.69) is 15.1 Å². The molecule has 0 spiro atoms. The van der Waals surface area contributed by atoms with Gasteiger partial charge in [-0.1, -0.05) is 0 Å². The smallest absolute Gasteiger partial charge is 0.269 e. The van der Waals surface area contributed by atoms with Crippen LogP contribution in [0.5, 0.6) is 0 Å². The van der Waals surface area contributed by atoms with Crippen LogP contribution in [0, 0.1) is 0 Å². The number of hydrogen-bond donors (Lipinski definition) is 3. The van der Waals surface area contributed by atoms with Crippen molar-refractivity contribution >= 4 is 5.91 Å². The fourth-order valence-electron chi connectivity index (χ4n) is 2.75. The van der Waals surface area contributed by atoms with Crippen LogP contribution in [0.25, 0.3) is 0 Å². The van der Waals surface area contributed by atoms with Gasteiger partial charge in [0.25, 0.3) is 5.91 Å². The summed E-state index contributed by atoms with van der Waals surface area (Å²) in [7, 11) is 0. The van der Waals surface area contributed by atoms with Gasteiger partial charge in [-0.25, -0.2) is 0 Å². The highest BCUT2D eigenvalue weighted by molar-refractivity contribution is 5.90. The summed E-state index contributed by atoms with van der Waals surface area (Å²) in [6.07, 6.45) is 1.63. The zero-order valence-electron chi connectivity index (χ0n) is 12.4. The van der Waals surface area contributed by atoms with Gasteiger partial charge in [0.2, 0.25) is 0 Å². The number of nitrogens with zero attached hydrogens (tertiary/aromatic N) is 2. The molecule has 4 N–H and O–H groups in total. The molecular formula is C14H24N4O3. The van der Waals surface area contributed by atoms with E-state index in [-0.39, 0.29) is 5.69 Å². The zero-order chi connectivity index (χ0) is 15.2. The van der Waals surface area contributed by atoms with E-state index < -0.39 is 12.0 Å². The molecule has 1 aliphatic rings. The molecule has 7 heteroatoms. The van der Waals surface area contributed by atoms with Crippen molar-refractivity contribution in [1.29, 1.82) is 0 Å². The van der Waals surface area contributed by atoms with Crippen molar-refractivity contribution in [1.82, 2.24) is 15.1 Å². The minimum atomic E-state index is -0.516. The van der Waals surface area contributed by atoms with Crippen LogP contribution >= 0.6 is 0 Å². The maximum atomic E-state index is 11.1. The first-order chi connectivity index (χ1) is 10.1. The van der Waals surface area contributed by atoms with Crippen LogP contribution in [0.4, 0.5) is 0 Å². The molecular weight excluding hydrogens is 272 g/mol. The van der Waals surface area contributed by atoms with Crippen molar-refractivity contribution in [2.75, 3.05) is 32.8 Å². The highest BCUT2D eigenvalue weighted by Gasteiger charge is 2.24. The number of nitrogens with two attached hydrogens (primary N) is 1. The Kier molecular flexibility index (Phi) is 5.72. The minimum Gasteiger partial charge on any atom is -0.389 e. The molecule has 0 radical (unpaired) electrons. The lowest BCUT2D eigenvalue weighted by molar-refractivity contribution is 0.0160. The zero-order valence-corrected chi connectivity index (χ0v) is 12.4. The van der Waals surface area contributed by atoms with Gasteiger partial charge in [-0.2, -0.15) is 5.10 Å². The van der Waals surface area contributed by atoms with Crippen LogP contribution < -0.4 is 5.73 Å². The molecule has 21 heavy (non-hydrogen) atoms. The van der Waals surface area contributed by atoms with Crippen molar-refractivity contribution in [3.05, 3.63) is 17.5 Å². The summed E-state index contributed by atoms with van der Waals surface area (Å²) in [4.78, 5) is 13.3. The van der Waals surface area contributed by atoms with Gasteiger partial charge in [-0.15, -0.1) is 0 Å². The molecule has 1 aliphatic heterocycles. The van der Waals surface area contributed by atoms with E-state index in [9.17, 15) is 9.90 Å². The van der Waals surface area contributed by atoms with E-state index in [4.69, 9.17) is 10.5 Å². The number of aliphatic hydroxyl groups excluding tert-OH is 1. The van der Waals surface area contributed by atoms with E-state index in [1.54, 1.807) is 6.07 Å². The Morgan fingerprint density at radius 3 is 3.19 bits per heavy atom. The van der Waals surface area contributed by atoms with E-state index in [1.807, 2.05) is 6.92 Å². The average molecular weight is 296 g/mol. The Labute approximate surface area is 124 Å². The standard InChI is InChI=1S/C14H24N4O3/c1-2-21-9-11(19)8-18-5-3-4-10(7-18)12-6-13(14(15)20)17-16-12/h6,10-11,19H,2-5,7-9H2,1H3,(H2,15,20)(H,16,17)/t10-,11-/m1/s1. The Bertz CT molecular complexity index is 463. The van der Waals surface area contributed by atoms with Gasteiger partial charge in [0.05, 0.1) is 12.7 Å². The Balaban J connectivity index is 1.89. The lowest BCUT2D eigenvalue weighted by Crippen LogP contribution is -2.40. The number of β-amino-alcohol motifs (C(OH)–C–C–N with tert-alkyl or cyclic N) is 1. The first kappa shape index (κ1) is 15.9. The number of carbonyl (C=O) groups is 1. The molecule has 1 aromatic heterocycles. The monoisotopic (exact) mass is 296 g/mol. The largest absolute Gasteiger partial charge is 0.389 e. The summed E-state index contributed by atoms with van der Waals surface area (Å²) in [6.45, 7) is 5.31. The molecule has 2 atom stereocenters. The summed E-state index contributed by atoms with van der Waals surface area (Å²) in [5.41, 5.74) is 6.43. The van der Waals surface area contributed by atoms with Crippen molar-refractivity contribution < 1.29 is 14.6 Å². The first-order valence-corrected chi connectivity index (χ1v) is 7.43. The number of primary amides is 1. The molecule has 1 saturated heterocycles. The van der Waals surface area contributed by atoms with Gasteiger partial charge < -0.3 is 20.5 Å². The number of H-pyrrole nitrogens is 1. The third-order valence-corrected chi connectivity index (χ3v) is 3.78. The molecule has 0 aliphatic carbocycles. The van der Waals surface area contributed by atoms with Crippen molar-refractivity contribution in [3.63, 3.8) is 0 Å². The quantitative estimate of drug-likeness (QED) is 0.661. The van der Waals surface area contributed by atoms with Crippen LogP contribution in [0.2, 0.25) is 0 Å². The highest BCUT2D eigenvalue weighted by Crippen LogP contribution is 2.25. The van der Waals surface area contributed by atoms with Gasteiger partial charge >= 0.3 is 0 Å². The van der Waals surface area contributed by atoms with Gasteiger partial charge in [-0.3, -0.25) is 9.89 Å². The number of piperidine rings is 1. The Morgan fingerprint density at radius 2 is 2.52 bits per heavy atom. The normalized spacial score (nSPS) is 21.3. The van der Waals surface area contributed by atoms with Gasteiger partial charge in [0.1, 0.15) is 5.69 Å². The van der Waals surface area contributed by atoms with E-state index in [1.165, 1.54) is 0 Å². The Morgan fingerprint density at radius 1 is 1.71 bits per heavy atom. The maximum Gasteiger partial charge on any atom is 0.269 e. The van der Waals surface area contributed by atoms with E-state index in [0.717, 1.165) is 31.6 Å². The highest BCUT2D eigenvalue weighted by atomic mass is 16.5. The summed E-state index contributed by atoms with van der Waals surface area (Å²) >= 11 is 0. The summed E-state index contributed by atoms with van der Waals surface area (Å²) in [5, 5.41) is 16.7. The van der Waals surface area contributed by atoms with Crippen LogP contribution in [-0.4, -0.2) is 65.1 Å². The SMILES string of the molecule is CCOC[C@H](O)CN1CCC[C@@H](c2cc(C(N)=O)n[nH]2)C1. The van der Waals surface area contributed by atoms with Crippen molar-refractivity contribution in [2.45, 2.75) is 31.8 Å². The molecule has 2 rings (SSSR count). The second kappa shape index (κ2) is 7.53. The molecule has 7 nitrogen and oxygen atoms in total. The summed E-state index contributed by atoms with van der Waals surface area (Å²) < 4.78 is 5.23. The molecule has 0 aromatic carbocycles. The third kappa shape index (κ3) is 4.52. The van der Waals surface area contributed by atoms with E-state index >= 15 is 0 Å². The predicted molar refractivity (Wildman–Crippen MR) is 78.0 cm³/mol. The minimum absolute atomic E-state index is 0.276. The third-order valence-electron chi connectivity index (χ3n) is 3.78. The predicted octanol–water partition coefficient (Wildman–Crippen LogP) is 0.0854. The average Bonchev–Trinajstić information content (AvgIpc) is 2.95. The van der Waals surface area contributed by atoms with Gasteiger partial charge in [0, 0.05) is 31.3 Å². The lowest BCUT2D eigenvalue weighted by atomic mass is 9.94. The van der Waals surface area contributed by atoms with Crippen molar-refractivity contribution in [3.8, 4) is 0 Å². The number of aromatic nitrogens is 2. The Hall–Kier alpha value is -1.44. The van der Waals surface area contributed by atoms with Crippen LogP contribution in [0.1, 0.15) is 41.9 Å². The second-order valence-corrected chi connectivity index (χ2v) is 5.48. The number of rotatable bonds is 7. The lowest BCUT2D eigenvalue weighted by Gasteiger charge is -2.33. The number of hydrogen-bond acceptors (Lipinski definition) is 5. The molecule has 1 aromatic rings. The van der Waals surface area contributed by atoms with Gasteiger partial charge in [0.15, 0.2) is 0 Å².